The van der Waals surface area contributed by atoms with Gasteiger partial charge in [0.2, 0.25) is 0 Å². The standard InChI is InChI=1S/C17H20N4O2/c1-11-3-4-12(10-19-11)9-13-5-6-14-15(13)20-17(21-16(14)18)23-8-7-22-2/h3-5,10H,6-9H2,1-2H3,(H2,18,20,21). The van der Waals surface area contributed by atoms with E-state index >= 15 is 0 Å². The molecule has 0 spiro atoms. The fraction of sp³-hybridized carbons (Fsp3) is 0.353. The van der Waals surface area contributed by atoms with Gasteiger partial charge in [-0.3, -0.25) is 4.98 Å². The molecule has 0 atom stereocenters. The molecule has 0 aliphatic heterocycles. The van der Waals surface area contributed by atoms with E-state index < -0.39 is 0 Å². The minimum atomic E-state index is 0.299. The highest BCUT2D eigenvalue weighted by atomic mass is 16.5. The molecule has 0 aromatic carbocycles. The fourth-order valence-corrected chi connectivity index (χ4v) is 2.53. The van der Waals surface area contributed by atoms with Crippen molar-refractivity contribution in [3.8, 4) is 6.01 Å². The van der Waals surface area contributed by atoms with Gasteiger partial charge in [0.1, 0.15) is 12.4 Å². The third-order valence-electron chi connectivity index (χ3n) is 3.76. The number of hydrogen-bond acceptors (Lipinski definition) is 6. The van der Waals surface area contributed by atoms with Crippen LogP contribution in [0.1, 0.15) is 22.5 Å². The maximum Gasteiger partial charge on any atom is 0.319 e. The molecule has 1 aliphatic rings. The van der Waals surface area contributed by atoms with Gasteiger partial charge in [-0.2, -0.15) is 9.97 Å². The molecular formula is C17H20N4O2. The van der Waals surface area contributed by atoms with Crippen molar-refractivity contribution in [2.45, 2.75) is 19.8 Å². The Hall–Kier alpha value is -2.47. The van der Waals surface area contributed by atoms with Crippen LogP contribution >= 0.6 is 0 Å². The van der Waals surface area contributed by atoms with Crippen molar-refractivity contribution in [1.82, 2.24) is 15.0 Å². The summed E-state index contributed by atoms with van der Waals surface area (Å²) in [4.78, 5) is 13.1. The first kappa shape index (κ1) is 15.4. The summed E-state index contributed by atoms with van der Waals surface area (Å²) in [5.74, 6) is 0.482. The first-order valence-electron chi connectivity index (χ1n) is 7.56. The van der Waals surface area contributed by atoms with Crippen LogP contribution in [0, 0.1) is 6.92 Å². The second-order valence-corrected chi connectivity index (χ2v) is 5.48. The molecule has 3 rings (SSSR count). The summed E-state index contributed by atoms with van der Waals surface area (Å²) >= 11 is 0. The van der Waals surface area contributed by atoms with Crippen LogP contribution in [0.5, 0.6) is 6.01 Å². The highest BCUT2D eigenvalue weighted by Crippen LogP contribution is 2.32. The average Bonchev–Trinajstić information content (AvgIpc) is 2.93. The van der Waals surface area contributed by atoms with Gasteiger partial charge in [0.05, 0.1) is 12.3 Å². The molecule has 6 heteroatoms. The SMILES string of the molecule is COCCOc1nc(N)c2c(n1)C(Cc1ccc(C)nc1)=CC2. The fourth-order valence-electron chi connectivity index (χ4n) is 2.53. The van der Waals surface area contributed by atoms with Crippen LogP contribution in [0.25, 0.3) is 5.57 Å². The van der Waals surface area contributed by atoms with Gasteiger partial charge in [0.15, 0.2) is 0 Å². The number of fused-ring (bicyclic) bond motifs is 1. The molecule has 0 amide bonds. The zero-order valence-electron chi connectivity index (χ0n) is 13.4. The number of nitrogens with two attached hydrogens (primary N) is 1. The second-order valence-electron chi connectivity index (χ2n) is 5.48. The molecule has 0 bridgehead atoms. The van der Waals surface area contributed by atoms with Crippen molar-refractivity contribution in [1.29, 1.82) is 0 Å². The van der Waals surface area contributed by atoms with Crippen LogP contribution in [0.4, 0.5) is 5.82 Å². The lowest BCUT2D eigenvalue weighted by atomic mass is 10.1. The van der Waals surface area contributed by atoms with Crippen molar-refractivity contribution in [3.05, 3.63) is 46.9 Å². The Morgan fingerprint density at radius 1 is 1.22 bits per heavy atom. The molecule has 2 aromatic heterocycles. The van der Waals surface area contributed by atoms with E-state index in [1.54, 1.807) is 7.11 Å². The third-order valence-corrected chi connectivity index (χ3v) is 3.76. The van der Waals surface area contributed by atoms with E-state index in [0.29, 0.717) is 25.0 Å². The number of pyridine rings is 1. The van der Waals surface area contributed by atoms with E-state index in [0.717, 1.165) is 40.9 Å². The van der Waals surface area contributed by atoms with E-state index in [1.165, 1.54) is 0 Å². The molecule has 0 saturated carbocycles. The molecule has 0 fully saturated rings. The molecule has 2 aromatic rings. The van der Waals surface area contributed by atoms with Gasteiger partial charge >= 0.3 is 6.01 Å². The Morgan fingerprint density at radius 2 is 2.09 bits per heavy atom. The Labute approximate surface area is 135 Å². The number of ether oxygens (including phenoxy) is 2. The predicted molar refractivity (Wildman–Crippen MR) is 88.2 cm³/mol. The topological polar surface area (TPSA) is 83.2 Å². The van der Waals surface area contributed by atoms with Crippen molar-refractivity contribution in [3.63, 3.8) is 0 Å². The lowest BCUT2D eigenvalue weighted by Crippen LogP contribution is -2.10. The number of hydrogen-bond donors (Lipinski definition) is 1. The summed E-state index contributed by atoms with van der Waals surface area (Å²) in [6.45, 7) is 2.86. The predicted octanol–water partition coefficient (Wildman–Crippen LogP) is 1.97. The normalized spacial score (nSPS) is 12.9. The molecule has 1 aliphatic carbocycles. The first-order chi connectivity index (χ1) is 11.2. The zero-order chi connectivity index (χ0) is 16.2. The molecule has 0 unspecified atom stereocenters. The zero-order valence-corrected chi connectivity index (χ0v) is 13.4. The Kier molecular flexibility index (Phi) is 4.52. The van der Waals surface area contributed by atoms with Crippen LogP contribution in [-0.4, -0.2) is 35.3 Å². The Balaban J connectivity index is 1.80. The second kappa shape index (κ2) is 6.75. The number of aromatic nitrogens is 3. The molecule has 0 saturated heterocycles. The number of rotatable bonds is 6. The van der Waals surface area contributed by atoms with Gasteiger partial charge in [0.25, 0.3) is 0 Å². The van der Waals surface area contributed by atoms with Gasteiger partial charge < -0.3 is 15.2 Å². The van der Waals surface area contributed by atoms with Crippen LogP contribution < -0.4 is 10.5 Å². The van der Waals surface area contributed by atoms with Crippen molar-refractivity contribution in [2.24, 2.45) is 0 Å². The molecule has 0 radical (unpaired) electrons. The quantitative estimate of drug-likeness (QED) is 0.821. The molecule has 120 valence electrons. The summed E-state index contributed by atoms with van der Waals surface area (Å²) < 4.78 is 10.5. The summed E-state index contributed by atoms with van der Waals surface area (Å²) in [6.07, 6.45) is 5.57. The van der Waals surface area contributed by atoms with E-state index in [-0.39, 0.29) is 0 Å². The largest absolute Gasteiger partial charge is 0.461 e. The number of nitrogen functional groups attached to an aromatic ring is 1. The minimum Gasteiger partial charge on any atom is -0.461 e. The monoisotopic (exact) mass is 312 g/mol. The molecule has 6 nitrogen and oxygen atoms in total. The Bertz CT molecular complexity index is 726. The number of anilines is 1. The van der Waals surface area contributed by atoms with Gasteiger partial charge in [-0.25, -0.2) is 0 Å². The van der Waals surface area contributed by atoms with E-state index in [9.17, 15) is 0 Å². The van der Waals surface area contributed by atoms with Crippen molar-refractivity contribution in [2.75, 3.05) is 26.1 Å². The smallest absolute Gasteiger partial charge is 0.319 e. The average molecular weight is 312 g/mol. The Morgan fingerprint density at radius 3 is 2.83 bits per heavy atom. The summed E-state index contributed by atoms with van der Waals surface area (Å²) in [7, 11) is 1.62. The number of methoxy groups -OCH3 is 1. The van der Waals surface area contributed by atoms with Crippen molar-refractivity contribution < 1.29 is 9.47 Å². The van der Waals surface area contributed by atoms with Gasteiger partial charge in [-0.05, 0) is 30.5 Å². The van der Waals surface area contributed by atoms with Crippen LogP contribution in [0.3, 0.4) is 0 Å². The van der Waals surface area contributed by atoms with E-state index in [1.807, 2.05) is 19.2 Å². The summed E-state index contributed by atoms with van der Waals surface area (Å²) in [5, 5.41) is 0. The van der Waals surface area contributed by atoms with Gasteiger partial charge in [0, 0.05) is 31.0 Å². The maximum atomic E-state index is 6.04. The van der Waals surface area contributed by atoms with E-state index in [4.69, 9.17) is 15.2 Å². The van der Waals surface area contributed by atoms with Crippen molar-refractivity contribution >= 4 is 11.4 Å². The first-order valence-corrected chi connectivity index (χ1v) is 7.56. The third kappa shape index (κ3) is 3.48. The minimum absolute atomic E-state index is 0.299. The van der Waals surface area contributed by atoms with Crippen LogP contribution in [0.15, 0.2) is 24.4 Å². The number of nitrogens with zero attached hydrogens (tertiary/aromatic N) is 3. The molecule has 23 heavy (non-hydrogen) atoms. The van der Waals surface area contributed by atoms with Crippen LogP contribution in [0.2, 0.25) is 0 Å². The maximum absolute atomic E-state index is 6.04. The lowest BCUT2D eigenvalue weighted by molar-refractivity contribution is 0.141. The molecule has 2 N–H and O–H groups in total. The highest BCUT2D eigenvalue weighted by molar-refractivity contribution is 5.75. The van der Waals surface area contributed by atoms with Crippen LogP contribution in [-0.2, 0) is 17.6 Å². The summed E-state index contributed by atoms with van der Waals surface area (Å²) in [6, 6.07) is 4.40. The van der Waals surface area contributed by atoms with E-state index in [2.05, 4.69) is 27.1 Å². The van der Waals surface area contributed by atoms with Gasteiger partial charge in [-0.1, -0.05) is 12.1 Å². The molecule has 2 heterocycles. The van der Waals surface area contributed by atoms with Gasteiger partial charge in [-0.15, -0.1) is 0 Å². The number of allylic oxidation sites excluding steroid dienone is 2. The lowest BCUT2D eigenvalue weighted by Gasteiger charge is -2.10. The summed E-state index contributed by atoms with van der Waals surface area (Å²) in [5.41, 5.74) is 11.2. The number of aryl methyl sites for hydroxylation is 1. The highest BCUT2D eigenvalue weighted by Gasteiger charge is 2.21. The molecular weight excluding hydrogens is 292 g/mol.